The van der Waals surface area contributed by atoms with Crippen LogP contribution in [0.4, 0.5) is 0 Å². The molecule has 0 saturated heterocycles. The smallest absolute Gasteiger partial charge is 0.363 e. The third-order valence-electron chi connectivity index (χ3n) is 3.14. The third-order valence-corrected chi connectivity index (χ3v) is 5.06. The molecule has 3 rings (SSSR count). The SMILES string of the molecule is COc1cc(C=C2N=C(c3cccs3)OC2=O)cc(Br)c1OS(C)(=O)=O. The number of nitrogens with zero attached hydrogens (tertiary/aromatic N) is 1. The van der Waals surface area contributed by atoms with Gasteiger partial charge in [0.1, 0.15) is 0 Å². The van der Waals surface area contributed by atoms with Gasteiger partial charge in [-0.2, -0.15) is 8.42 Å². The number of carbonyl (C=O) groups excluding carboxylic acids is 1. The summed E-state index contributed by atoms with van der Waals surface area (Å²) in [6.45, 7) is 0. The monoisotopic (exact) mass is 457 g/mol. The first kappa shape index (κ1) is 18.6. The van der Waals surface area contributed by atoms with Crippen LogP contribution in [0.1, 0.15) is 10.4 Å². The lowest BCUT2D eigenvalue weighted by Crippen LogP contribution is -2.07. The van der Waals surface area contributed by atoms with E-state index in [1.165, 1.54) is 30.6 Å². The van der Waals surface area contributed by atoms with Crippen LogP contribution in [0.3, 0.4) is 0 Å². The minimum absolute atomic E-state index is 0.0222. The predicted octanol–water partition coefficient (Wildman–Crippen LogP) is 3.20. The van der Waals surface area contributed by atoms with Gasteiger partial charge in [0.25, 0.3) is 0 Å². The molecular weight excluding hydrogens is 446 g/mol. The third kappa shape index (κ3) is 4.14. The number of methoxy groups -OCH3 is 1. The Kier molecular flexibility index (Phi) is 5.17. The summed E-state index contributed by atoms with van der Waals surface area (Å²) in [6, 6.07) is 6.75. The topological polar surface area (TPSA) is 91.3 Å². The van der Waals surface area contributed by atoms with Gasteiger partial charge in [0.15, 0.2) is 17.2 Å². The molecule has 0 radical (unpaired) electrons. The first-order chi connectivity index (χ1) is 12.3. The second-order valence-electron chi connectivity index (χ2n) is 5.13. The zero-order valence-electron chi connectivity index (χ0n) is 13.6. The van der Waals surface area contributed by atoms with Crippen molar-refractivity contribution in [2.45, 2.75) is 0 Å². The van der Waals surface area contributed by atoms with E-state index in [1.807, 2.05) is 11.4 Å². The molecule has 2 aromatic rings. The van der Waals surface area contributed by atoms with Gasteiger partial charge in [-0.25, -0.2) is 9.79 Å². The zero-order chi connectivity index (χ0) is 18.9. The molecule has 1 aliphatic rings. The van der Waals surface area contributed by atoms with Crippen LogP contribution in [-0.4, -0.2) is 33.7 Å². The number of carbonyl (C=O) groups is 1. The molecule has 2 heterocycles. The zero-order valence-corrected chi connectivity index (χ0v) is 16.8. The lowest BCUT2D eigenvalue weighted by Gasteiger charge is -2.11. The molecule has 26 heavy (non-hydrogen) atoms. The van der Waals surface area contributed by atoms with Gasteiger partial charge < -0.3 is 13.7 Å². The number of cyclic esters (lactones) is 1. The number of hydrogen-bond acceptors (Lipinski definition) is 8. The van der Waals surface area contributed by atoms with E-state index in [-0.39, 0.29) is 23.1 Å². The predicted molar refractivity (Wildman–Crippen MR) is 101 cm³/mol. The van der Waals surface area contributed by atoms with Crippen molar-refractivity contribution >= 4 is 55.3 Å². The van der Waals surface area contributed by atoms with Crippen molar-refractivity contribution in [3.63, 3.8) is 0 Å². The second kappa shape index (κ2) is 7.22. The molecule has 1 aromatic carbocycles. The van der Waals surface area contributed by atoms with Crippen molar-refractivity contribution in [3.05, 3.63) is 50.3 Å². The van der Waals surface area contributed by atoms with E-state index < -0.39 is 16.1 Å². The largest absolute Gasteiger partial charge is 0.493 e. The minimum Gasteiger partial charge on any atom is -0.493 e. The fraction of sp³-hybridized carbons (Fsp3) is 0.125. The molecule has 0 spiro atoms. The van der Waals surface area contributed by atoms with Gasteiger partial charge in [-0.05, 0) is 51.1 Å². The summed E-state index contributed by atoms with van der Waals surface area (Å²) in [7, 11) is -2.35. The van der Waals surface area contributed by atoms with Crippen molar-refractivity contribution in [2.75, 3.05) is 13.4 Å². The van der Waals surface area contributed by atoms with Gasteiger partial charge in [-0.15, -0.1) is 11.3 Å². The van der Waals surface area contributed by atoms with Crippen LogP contribution in [0.25, 0.3) is 6.08 Å². The number of benzene rings is 1. The lowest BCUT2D eigenvalue weighted by molar-refractivity contribution is -0.129. The van der Waals surface area contributed by atoms with Crippen LogP contribution in [0.5, 0.6) is 11.5 Å². The number of aliphatic imine (C=N–C) groups is 1. The molecular formula is C16H12BrNO6S2. The highest BCUT2D eigenvalue weighted by Crippen LogP contribution is 2.38. The van der Waals surface area contributed by atoms with Crippen molar-refractivity contribution in [2.24, 2.45) is 4.99 Å². The molecule has 136 valence electrons. The molecule has 10 heteroatoms. The number of esters is 1. The Hall–Kier alpha value is -2.17. The number of ether oxygens (including phenoxy) is 2. The van der Waals surface area contributed by atoms with Crippen LogP contribution >= 0.6 is 27.3 Å². The fourth-order valence-electron chi connectivity index (χ4n) is 2.13. The standard InChI is InChI=1S/C16H12BrNO6S2/c1-22-12-8-9(6-10(17)14(12)24-26(2,20)21)7-11-16(19)23-15(18-11)13-4-3-5-25-13/h3-8H,1-2H3. The molecule has 1 aromatic heterocycles. The van der Waals surface area contributed by atoms with Gasteiger partial charge in [0, 0.05) is 0 Å². The maximum absolute atomic E-state index is 12.0. The Labute approximate surface area is 162 Å². The van der Waals surface area contributed by atoms with Crippen LogP contribution in [-0.2, 0) is 19.6 Å². The summed E-state index contributed by atoms with van der Waals surface area (Å²) >= 11 is 4.66. The average Bonchev–Trinajstić information content (AvgIpc) is 3.19. The Balaban J connectivity index is 1.98. The summed E-state index contributed by atoms with van der Waals surface area (Å²) in [5.74, 6) is -0.112. The molecule has 0 bridgehead atoms. The molecule has 0 atom stereocenters. The van der Waals surface area contributed by atoms with Gasteiger partial charge in [0.2, 0.25) is 5.90 Å². The molecule has 0 saturated carbocycles. The van der Waals surface area contributed by atoms with Crippen LogP contribution < -0.4 is 8.92 Å². The summed E-state index contributed by atoms with van der Waals surface area (Å²) in [5, 5.41) is 1.86. The second-order valence-corrected chi connectivity index (χ2v) is 8.51. The lowest BCUT2D eigenvalue weighted by atomic mass is 10.1. The molecule has 0 aliphatic carbocycles. The van der Waals surface area contributed by atoms with Crippen molar-refractivity contribution in [3.8, 4) is 11.5 Å². The quantitative estimate of drug-likeness (QED) is 0.388. The molecule has 0 fully saturated rings. The van der Waals surface area contributed by atoms with E-state index in [4.69, 9.17) is 13.7 Å². The van der Waals surface area contributed by atoms with Gasteiger partial charge >= 0.3 is 16.1 Å². The summed E-state index contributed by atoms with van der Waals surface area (Å²) < 4.78 is 38.4. The summed E-state index contributed by atoms with van der Waals surface area (Å²) in [6.07, 6.45) is 2.45. The van der Waals surface area contributed by atoms with Gasteiger partial charge in [0.05, 0.1) is 22.7 Å². The number of rotatable bonds is 5. The minimum atomic E-state index is -3.73. The van der Waals surface area contributed by atoms with Crippen LogP contribution in [0, 0.1) is 0 Å². The Bertz CT molecular complexity index is 1030. The van der Waals surface area contributed by atoms with E-state index in [0.717, 1.165) is 11.1 Å². The maximum Gasteiger partial charge on any atom is 0.363 e. The van der Waals surface area contributed by atoms with Crippen LogP contribution in [0.15, 0.2) is 44.8 Å². The summed E-state index contributed by atoms with van der Waals surface area (Å²) in [4.78, 5) is 17.0. The molecule has 0 amide bonds. The number of hydrogen-bond donors (Lipinski definition) is 0. The fourth-order valence-corrected chi connectivity index (χ4v) is 3.90. The summed E-state index contributed by atoms with van der Waals surface area (Å²) in [5.41, 5.74) is 0.678. The van der Waals surface area contributed by atoms with Gasteiger partial charge in [-0.3, -0.25) is 0 Å². The van der Waals surface area contributed by atoms with Gasteiger partial charge in [-0.1, -0.05) is 6.07 Å². The Morgan fingerprint density at radius 3 is 2.73 bits per heavy atom. The van der Waals surface area contributed by atoms with E-state index in [2.05, 4.69) is 20.9 Å². The normalized spacial score (nSPS) is 15.7. The number of halogens is 1. The van der Waals surface area contributed by atoms with Crippen molar-refractivity contribution < 1.29 is 26.9 Å². The highest BCUT2D eigenvalue weighted by atomic mass is 79.9. The first-order valence-electron chi connectivity index (χ1n) is 7.10. The molecule has 7 nitrogen and oxygen atoms in total. The first-order valence-corrected chi connectivity index (χ1v) is 10.6. The van der Waals surface area contributed by atoms with E-state index in [0.29, 0.717) is 10.0 Å². The van der Waals surface area contributed by atoms with Crippen molar-refractivity contribution in [1.29, 1.82) is 0 Å². The van der Waals surface area contributed by atoms with E-state index >= 15 is 0 Å². The molecule has 0 N–H and O–H groups in total. The molecule has 1 aliphatic heterocycles. The molecule has 0 unspecified atom stereocenters. The maximum atomic E-state index is 12.0. The van der Waals surface area contributed by atoms with Crippen LogP contribution in [0.2, 0.25) is 0 Å². The highest BCUT2D eigenvalue weighted by Gasteiger charge is 2.25. The van der Waals surface area contributed by atoms with Crippen molar-refractivity contribution in [1.82, 2.24) is 0 Å². The van der Waals surface area contributed by atoms with E-state index in [1.54, 1.807) is 12.1 Å². The highest BCUT2D eigenvalue weighted by molar-refractivity contribution is 9.10. The Morgan fingerprint density at radius 2 is 2.12 bits per heavy atom. The Morgan fingerprint density at radius 1 is 1.35 bits per heavy atom. The van der Waals surface area contributed by atoms with E-state index in [9.17, 15) is 13.2 Å². The number of thiophene rings is 1. The average molecular weight is 458 g/mol.